The smallest absolute Gasteiger partial charge is 0.349 e. The highest BCUT2D eigenvalue weighted by atomic mass is 32.2. The van der Waals surface area contributed by atoms with Gasteiger partial charge in [-0.25, -0.2) is 14.8 Å². The predicted octanol–water partition coefficient (Wildman–Crippen LogP) is 3.57. The van der Waals surface area contributed by atoms with E-state index in [2.05, 4.69) is 20.8 Å². The lowest BCUT2D eigenvalue weighted by Crippen LogP contribution is -2.43. The number of carbonyl (C=O) groups is 2. The minimum atomic E-state index is -0.782. The van der Waals surface area contributed by atoms with E-state index in [1.165, 1.54) is 17.8 Å². The number of nitrogens with zero attached hydrogens (tertiary/aromatic N) is 2. The second kappa shape index (κ2) is 9.66. The summed E-state index contributed by atoms with van der Waals surface area (Å²) >= 11 is 1.51. The van der Waals surface area contributed by atoms with Crippen molar-refractivity contribution in [2.75, 3.05) is 0 Å². The molecule has 0 atom stereocenters. The second-order valence-electron chi connectivity index (χ2n) is 7.31. The number of nitrogens with one attached hydrogen (secondary N) is 2. The molecule has 2 heterocycles. The van der Waals surface area contributed by atoms with Crippen molar-refractivity contribution in [1.29, 1.82) is 0 Å². The summed E-state index contributed by atoms with van der Waals surface area (Å²) in [5.41, 5.74) is 7.16. The molecule has 0 bridgehead atoms. The van der Waals surface area contributed by atoms with Crippen LogP contribution in [0.4, 0.5) is 0 Å². The summed E-state index contributed by atoms with van der Waals surface area (Å²) < 4.78 is 5.15. The van der Waals surface area contributed by atoms with E-state index >= 15 is 0 Å². The number of aryl methyl sites for hydroxylation is 2. The molecule has 0 spiro atoms. The Hall–Kier alpha value is -3.98. The maximum absolute atomic E-state index is 12.4. The van der Waals surface area contributed by atoms with Gasteiger partial charge in [-0.2, -0.15) is 0 Å². The molecule has 0 saturated carbocycles. The van der Waals surface area contributed by atoms with Crippen molar-refractivity contribution in [2.24, 2.45) is 0 Å². The van der Waals surface area contributed by atoms with Gasteiger partial charge in [0.1, 0.15) is 11.1 Å². The zero-order chi connectivity index (χ0) is 23.4. The van der Waals surface area contributed by atoms with Crippen LogP contribution in [-0.2, 0) is 5.75 Å². The molecule has 33 heavy (non-hydrogen) atoms. The monoisotopic (exact) mass is 460 g/mol. The van der Waals surface area contributed by atoms with E-state index in [0.29, 0.717) is 27.4 Å². The van der Waals surface area contributed by atoms with Crippen LogP contribution in [0.5, 0.6) is 0 Å². The van der Waals surface area contributed by atoms with Crippen molar-refractivity contribution in [1.82, 2.24) is 20.8 Å². The Bertz CT molecular complexity index is 1380. The first-order chi connectivity index (χ1) is 15.9. The molecule has 2 aromatic carbocycles. The first-order valence-electron chi connectivity index (χ1n) is 10.1. The van der Waals surface area contributed by atoms with Crippen molar-refractivity contribution in [3.8, 4) is 0 Å². The van der Waals surface area contributed by atoms with Gasteiger partial charge in [0.05, 0.1) is 0 Å². The number of thioether (sulfide) groups is 1. The third kappa shape index (κ3) is 5.45. The lowest BCUT2D eigenvalue weighted by atomic mass is 10.1. The molecular formula is C24H20N4O4S. The molecule has 4 rings (SSSR count). The fourth-order valence-electron chi connectivity index (χ4n) is 3.13. The van der Waals surface area contributed by atoms with Crippen molar-refractivity contribution in [2.45, 2.75) is 24.8 Å². The van der Waals surface area contributed by atoms with Gasteiger partial charge in [-0.1, -0.05) is 42.1 Å². The molecule has 8 nitrogen and oxygen atoms in total. The molecule has 0 fully saturated rings. The van der Waals surface area contributed by atoms with E-state index in [-0.39, 0.29) is 5.56 Å². The van der Waals surface area contributed by atoms with Gasteiger partial charge in [-0.15, -0.1) is 0 Å². The Morgan fingerprint density at radius 1 is 0.909 bits per heavy atom. The molecule has 0 aliphatic rings. The van der Waals surface area contributed by atoms with Gasteiger partial charge in [0.2, 0.25) is 0 Å². The molecule has 0 radical (unpaired) electrons. The summed E-state index contributed by atoms with van der Waals surface area (Å²) in [4.78, 5) is 45.6. The second-order valence-corrected chi connectivity index (χ2v) is 8.25. The summed E-state index contributed by atoms with van der Waals surface area (Å²) in [6, 6.07) is 17.2. The number of aromatic nitrogens is 2. The van der Waals surface area contributed by atoms with Crippen molar-refractivity contribution in [3.63, 3.8) is 0 Å². The number of hydrogen-bond acceptors (Lipinski definition) is 7. The van der Waals surface area contributed by atoms with Crippen LogP contribution >= 0.6 is 11.8 Å². The summed E-state index contributed by atoms with van der Waals surface area (Å²) in [6.45, 7) is 3.86. The molecule has 4 aromatic rings. The zero-order valence-corrected chi connectivity index (χ0v) is 18.7. The number of amides is 2. The third-order valence-corrected chi connectivity index (χ3v) is 5.64. The first kappa shape index (κ1) is 22.2. The normalized spacial score (nSPS) is 10.7. The topological polar surface area (TPSA) is 114 Å². The molecule has 0 unspecified atom stereocenters. The Kier molecular flexibility index (Phi) is 6.50. The van der Waals surface area contributed by atoms with Gasteiger partial charge < -0.3 is 4.42 Å². The van der Waals surface area contributed by atoms with E-state index in [1.807, 2.05) is 32.0 Å². The van der Waals surface area contributed by atoms with Crippen LogP contribution in [0.25, 0.3) is 11.0 Å². The Balaban J connectivity index is 1.35. The Morgan fingerprint density at radius 2 is 1.58 bits per heavy atom. The lowest BCUT2D eigenvalue weighted by molar-refractivity contribution is 0.0844. The van der Waals surface area contributed by atoms with Gasteiger partial charge in [0, 0.05) is 28.1 Å². The molecule has 2 amide bonds. The van der Waals surface area contributed by atoms with Crippen LogP contribution in [-0.4, -0.2) is 21.8 Å². The van der Waals surface area contributed by atoms with E-state index in [4.69, 9.17) is 4.42 Å². The number of fused-ring (bicyclic) bond motifs is 1. The molecule has 0 aliphatic heterocycles. The maximum atomic E-state index is 12.4. The maximum Gasteiger partial charge on any atom is 0.349 e. The highest BCUT2D eigenvalue weighted by Gasteiger charge is 2.15. The van der Waals surface area contributed by atoms with E-state index in [9.17, 15) is 14.4 Å². The molecule has 9 heteroatoms. The lowest BCUT2D eigenvalue weighted by Gasteiger charge is -2.08. The summed E-state index contributed by atoms with van der Waals surface area (Å²) in [5.74, 6) is -0.617. The molecule has 166 valence electrons. The number of para-hydroxylation sites is 1. The van der Waals surface area contributed by atoms with E-state index in [0.717, 1.165) is 17.0 Å². The Morgan fingerprint density at radius 3 is 2.30 bits per heavy atom. The highest BCUT2D eigenvalue weighted by molar-refractivity contribution is 7.98. The average molecular weight is 461 g/mol. The fraction of sp³-hybridized carbons (Fsp3) is 0.125. The van der Waals surface area contributed by atoms with Gasteiger partial charge >= 0.3 is 5.63 Å². The molecule has 0 aliphatic carbocycles. The van der Waals surface area contributed by atoms with Crippen LogP contribution < -0.4 is 16.5 Å². The summed E-state index contributed by atoms with van der Waals surface area (Å²) in [6.07, 6.45) is 0. The van der Waals surface area contributed by atoms with Crippen LogP contribution in [0.3, 0.4) is 0 Å². The Labute approximate surface area is 193 Å². The van der Waals surface area contributed by atoms with Gasteiger partial charge in [0.15, 0.2) is 5.16 Å². The van der Waals surface area contributed by atoms with Gasteiger partial charge in [-0.3, -0.25) is 20.4 Å². The number of rotatable bonds is 5. The highest BCUT2D eigenvalue weighted by Crippen LogP contribution is 2.20. The molecule has 2 N–H and O–H groups in total. The number of benzene rings is 2. The largest absolute Gasteiger partial charge is 0.422 e. The summed E-state index contributed by atoms with van der Waals surface area (Å²) in [7, 11) is 0. The van der Waals surface area contributed by atoms with E-state index in [1.54, 1.807) is 36.4 Å². The van der Waals surface area contributed by atoms with Crippen LogP contribution in [0.15, 0.2) is 75.0 Å². The van der Waals surface area contributed by atoms with Gasteiger partial charge in [-0.05, 0) is 49.7 Å². The number of carbonyl (C=O) groups excluding carboxylic acids is 2. The SMILES string of the molecule is Cc1cc(C)nc(SCc2ccc(C(=O)NNC(=O)c3cc4ccccc4oc3=O)cc2)n1. The minimum absolute atomic E-state index is 0.199. The van der Waals surface area contributed by atoms with Crippen LogP contribution in [0.1, 0.15) is 37.7 Å². The third-order valence-electron chi connectivity index (χ3n) is 4.72. The minimum Gasteiger partial charge on any atom is -0.422 e. The van der Waals surface area contributed by atoms with Crippen LogP contribution in [0, 0.1) is 13.8 Å². The number of hydrazine groups is 1. The quantitative estimate of drug-likeness (QED) is 0.203. The first-order valence-corrected chi connectivity index (χ1v) is 11.1. The van der Waals surface area contributed by atoms with Crippen molar-refractivity contribution >= 4 is 34.5 Å². The van der Waals surface area contributed by atoms with Crippen molar-refractivity contribution in [3.05, 3.63) is 99.2 Å². The van der Waals surface area contributed by atoms with Gasteiger partial charge in [0.25, 0.3) is 11.8 Å². The standard InChI is InChI=1S/C24H20N4O4S/c1-14-11-15(2)26-24(25-14)33-13-16-7-9-17(10-8-16)21(29)27-28-22(30)19-12-18-5-3-4-6-20(18)32-23(19)31/h3-12H,13H2,1-2H3,(H,27,29)(H,28,30). The van der Waals surface area contributed by atoms with E-state index < -0.39 is 17.4 Å². The fourth-order valence-corrected chi connectivity index (χ4v) is 4.04. The summed E-state index contributed by atoms with van der Waals surface area (Å²) in [5, 5.41) is 1.31. The molecule has 2 aromatic heterocycles. The van der Waals surface area contributed by atoms with Crippen LogP contribution in [0.2, 0.25) is 0 Å². The zero-order valence-electron chi connectivity index (χ0n) is 17.9. The molecular weight excluding hydrogens is 440 g/mol. The average Bonchev–Trinajstić information content (AvgIpc) is 2.80. The predicted molar refractivity (Wildman–Crippen MR) is 125 cm³/mol. The number of hydrogen-bond donors (Lipinski definition) is 2. The molecule has 0 saturated heterocycles. The van der Waals surface area contributed by atoms with Crippen molar-refractivity contribution < 1.29 is 14.0 Å².